The van der Waals surface area contributed by atoms with Gasteiger partial charge < -0.3 is 20.7 Å². The number of thiophene rings is 1. The van der Waals surface area contributed by atoms with Crippen LogP contribution < -0.4 is 16.0 Å². The maximum atomic E-state index is 6.94. The molecule has 32 heavy (non-hydrogen) atoms. The van der Waals surface area contributed by atoms with E-state index < -0.39 is 5.66 Å². The van der Waals surface area contributed by atoms with Crippen molar-refractivity contribution >= 4 is 39.4 Å². The second-order valence-corrected chi connectivity index (χ2v) is 10.9. The van der Waals surface area contributed by atoms with Crippen molar-refractivity contribution in [3.05, 3.63) is 46.1 Å². The van der Waals surface area contributed by atoms with Crippen molar-refractivity contribution in [3.8, 4) is 0 Å². The molecule has 3 N–H and O–H groups in total. The molecule has 1 saturated heterocycles. The van der Waals surface area contributed by atoms with E-state index in [0.717, 1.165) is 65.9 Å². The number of fused-ring (bicyclic) bond motifs is 5. The lowest BCUT2D eigenvalue weighted by atomic mass is 9.90. The number of nitrogens with one attached hydrogen (secondary N) is 1. The summed E-state index contributed by atoms with van der Waals surface area (Å²) >= 11 is 1.68. The third-order valence-electron chi connectivity index (χ3n) is 6.75. The smallest absolute Gasteiger partial charge is 0.150 e. The average Bonchev–Trinajstić information content (AvgIpc) is 3.31. The second-order valence-electron chi connectivity index (χ2n) is 9.86. The van der Waals surface area contributed by atoms with E-state index >= 15 is 0 Å². The van der Waals surface area contributed by atoms with Crippen molar-refractivity contribution in [3.63, 3.8) is 0 Å². The Hall–Kier alpha value is -2.55. The number of pyridine rings is 2. The first-order valence-electron chi connectivity index (χ1n) is 11.2. The predicted molar refractivity (Wildman–Crippen MR) is 130 cm³/mol. The fourth-order valence-corrected chi connectivity index (χ4v) is 6.54. The van der Waals surface area contributed by atoms with Gasteiger partial charge in [-0.3, -0.25) is 4.98 Å². The van der Waals surface area contributed by atoms with Crippen LogP contribution in [-0.2, 0) is 29.7 Å². The van der Waals surface area contributed by atoms with Crippen molar-refractivity contribution < 1.29 is 4.74 Å². The maximum absolute atomic E-state index is 6.94. The van der Waals surface area contributed by atoms with E-state index in [-0.39, 0.29) is 5.41 Å². The summed E-state index contributed by atoms with van der Waals surface area (Å²) in [5.41, 5.74) is 11.3. The minimum absolute atomic E-state index is 0.215. The van der Waals surface area contributed by atoms with E-state index in [9.17, 15) is 0 Å². The van der Waals surface area contributed by atoms with Crippen molar-refractivity contribution in [2.75, 3.05) is 36.5 Å². The minimum Gasteiger partial charge on any atom is -0.378 e. The fourth-order valence-electron chi connectivity index (χ4n) is 5.32. The molecule has 0 amide bonds. The third kappa shape index (κ3) is 3.20. The normalized spacial score (nSPS) is 23.8. The fraction of sp³-hybridized carbons (Fsp3) is 0.458. The predicted octanol–water partition coefficient (Wildman–Crippen LogP) is 3.46. The highest BCUT2D eigenvalue weighted by Gasteiger charge is 2.40. The van der Waals surface area contributed by atoms with Gasteiger partial charge in [-0.1, -0.05) is 19.9 Å². The molecule has 1 unspecified atom stereocenters. The van der Waals surface area contributed by atoms with Crippen molar-refractivity contribution in [1.29, 1.82) is 0 Å². The summed E-state index contributed by atoms with van der Waals surface area (Å²) in [6.45, 7) is 7.99. The number of ether oxygens (including phenoxy) is 1. The van der Waals surface area contributed by atoms with Crippen LogP contribution in [0, 0.1) is 5.41 Å². The Balaban J connectivity index is 1.52. The van der Waals surface area contributed by atoms with Gasteiger partial charge >= 0.3 is 0 Å². The van der Waals surface area contributed by atoms with Gasteiger partial charge in [0.25, 0.3) is 0 Å². The Morgan fingerprint density at radius 3 is 2.81 bits per heavy atom. The number of anilines is 2. The Labute approximate surface area is 191 Å². The molecule has 7 nitrogen and oxygen atoms in total. The van der Waals surface area contributed by atoms with Crippen LogP contribution in [0.1, 0.15) is 35.4 Å². The second kappa shape index (κ2) is 7.23. The van der Waals surface area contributed by atoms with Gasteiger partial charge in [0.2, 0.25) is 0 Å². The van der Waals surface area contributed by atoms with Crippen LogP contribution in [0.2, 0.25) is 0 Å². The Morgan fingerprint density at radius 1 is 1.22 bits per heavy atom. The summed E-state index contributed by atoms with van der Waals surface area (Å²) in [7, 11) is 0. The van der Waals surface area contributed by atoms with Crippen LogP contribution in [0.4, 0.5) is 11.5 Å². The molecule has 0 aromatic carbocycles. The summed E-state index contributed by atoms with van der Waals surface area (Å²) in [4.78, 5) is 18.7. The number of aliphatic imine (C=N–C) groups is 1. The lowest BCUT2D eigenvalue weighted by molar-refractivity contribution is 0.122. The molecule has 1 aliphatic carbocycles. The lowest BCUT2D eigenvalue weighted by Gasteiger charge is -2.30. The molecule has 8 heteroatoms. The number of rotatable bonds is 3. The highest BCUT2D eigenvalue weighted by atomic mass is 32.1. The van der Waals surface area contributed by atoms with Gasteiger partial charge in [0.1, 0.15) is 10.6 Å². The highest BCUT2D eigenvalue weighted by molar-refractivity contribution is 7.19. The first-order chi connectivity index (χ1) is 15.4. The third-order valence-corrected chi connectivity index (χ3v) is 8.00. The van der Waals surface area contributed by atoms with Gasteiger partial charge in [0.05, 0.1) is 30.1 Å². The molecule has 0 spiro atoms. The molecule has 6 rings (SSSR count). The number of nitrogens with zero attached hydrogens (tertiary/aromatic N) is 4. The maximum Gasteiger partial charge on any atom is 0.150 e. The quantitative estimate of drug-likeness (QED) is 0.638. The molecule has 2 aliphatic heterocycles. The summed E-state index contributed by atoms with van der Waals surface area (Å²) < 4.78 is 5.60. The molecule has 3 aromatic rings. The van der Waals surface area contributed by atoms with Crippen molar-refractivity contribution in [2.45, 2.75) is 38.8 Å². The Kier molecular flexibility index (Phi) is 4.54. The zero-order valence-corrected chi connectivity index (χ0v) is 19.3. The largest absolute Gasteiger partial charge is 0.378 e. The van der Waals surface area contributed by atoms with Crippen molar-refractivity contribution in [2.24, 2.45) is 16.1 Å². The summed E-state index contributed by atoms with van der Waals surface area (Å²) in [5, 5.41) is 4.66. The van der Waals surface area contributed by atoms with Gasteiger partial charge in [-0.15, -0.1) is 11.3 Å². The molecule has 5 heterocycles. The SMILES string of the molecule is CC1(C)Cc2c(N3CCOCC3)nc3sc4c(c3c2C1)NC=NC4(N)Cc1cccnc1. The van der Waals surface area contributed by atoms with Gasteiger partial charge in [0, 0.05) is 37.3 Å². The monoisotopic (exact) mass is 448 g/mol. The lowest BCUT2D eigenvalue weighted by Crippen LogP contribution is -2.39. The standard InChI is InChI=1S/C24H28N6OS/c1-23(2)11-16-17(12-23)21(30-6-8-31-9-7-30)29-22-18(16)19-20(32-22)24(25,28-14-27-19)10-15-4-3-5-26-13-15/h3-5,13-14H,6-12,25H2,1-2H3,(H,27,28). The summed E-state index contributed by atoms with van der Waals surface area (Å²) in [5.74, 6) is 1.13. The van der Waals surface area contributed by atoms with E-state index in [1.54, 1.807) is 23.9 Å². The first kappa shape index (κ1) is 20.1. The molecular weight excluding hydrogens is 420 g/mol. The summed E-state index contributed by atoms with van der Waals surface area (Å²) in [6.07, 6.45) is 8.09. The number of aromatic nitrogens is 2. The molecule has 0 radical (unpaired) electrons. The molecule has 3 aromatic heterocycles. The van der Waals surface area contributed by atoms with Crippen LogP contribution in [0.15, 0.2) is 29.5 Å². The highest BCUT2D eigenvalue weighted by Crippen LogP contribution is 2.51. The molecule has 1 fully saturated rings. The van der Waals surface area contributed by atoms with E-state index in [1.165, 1.54) is 16.5 Å². The van der Waals surface area contributed by atoms with Gasteiger partial charge in [0.15, 0.2) is 5.66 Å². The van der Waals surface area contributed by atoms with Gasteiger partial charge in [-0.05, 0) is 41.0 Å². The zero-order valence-electron chi connectivity index (χ0n) is 18.5. The van der Waals surface area contributed by atoms with E-state index in [2.05, 4.69) is 35.1 Å². The number of hydrogen-bond donors (Lipinski definition) is 2. The molecule has 1 atom stereocenters. The zero-order chi connectivity index (χ0) is 21.9. The van der Waals surface area contributed by atoms with Gasteiger partial charge in [-0.25, -0.2) is 9.98 Å². The molecule has 0 bridgehead atoms. The molecule has 3 aliphatic rings. The number of hydrogen-bond acceptors (Lipinski definition) is 8. The van der Waals surface area contributed by atoms with E-state index in [0.29, 0.717) is 6.42 Å². The van der Waals surface area contributed by atoms with Crippen LogP contribution >= 0.6 is 11.3 Å². The summed E-state index contributed by atoms with van der Waals surface area (Å²) in [6, 6.07) is 4.00. The van der Waals surface area contributed by atoms with E-state index in [4.69, 9.17) is 20.4 Å². The average molecular weight is 449 g/mol. The minimum atomic E-state index is -0.824. The van der Waals surface area contributed by atoms with Crippen molar-refractivity contribution in [1.82, 2.24) is 9.97 Å². The number of nitrogens with two attached hydrogens (primary N) is 1. The van der Waals surface area contributed by atoms with Crippen LogP contribution in [-0.4, -0.2) is 42.6 Å². The molecular formula is C24H28N6OS. The first-order valence-corrected chi connectivity index (χ1v) is 12.0. The topological polar surface area (TPSA) is 88.7 Å². The molecule has 0 saturated carbocycles. The van der Waals surface area contributed by atoms with Crippen LogP contribution in [0.5, 0.6) is 0 Å². The van der Waals surface area contributed by atoms with Crippen LogP contribution in [0.25, 0.3) is 10.2 Å². The number of morpholine rings is 1. The molecule has 166 valence electrons. The van der Waals surface area contributed by atoms with Crippen LogP contribution in [0.3, 0.4) is 0 Å². The Morgan fingerprint density at radius 2 is 2.03 bits per heavy atom. The van der Waals surface area contributed by atoms with Gasteiger partial charge in [-0.2, -0.15) is 0 Å². The Bertz CT molecular complexity index is 1210. The van der Waals surface area contributed by atoms with E-state index in [1.807, 2.05) is 12.3 Å².